The summed E-state index contributed by atoms with van der Waals surface area (Å²) in [7, 11) is 1.74. The third-order valence-electron chi connectivity index (χ3n) is 8.74. The second-order valence-electron chi connectivity index (χ2n) is 11.8. The summed E-state index contributed by atoms with van der Waals surface area (Å²) in [5.74, 6) is -0.198. The van der Waals surface area contributed by atoms with Gasteiger partial charge in [0.2, 0.25) is 5.95 Å². The lowest BCUT2D eigenvalue weighted by Crippen LogP contribution is -2.34. The maximum Gasteiger partial charge on any atom is 0.416 e. The zero-order valence-corrected chi connectivity index (χ0v) is 24.6. The number of halogens is 3. The summed E-state index contributed by atoms with van der Waals surface area (Å²) in [5.41, 5.74) is 4.19. The smallest absolute Gasteiger partial charge is 0.416 e. The lowest BCUT2D eigenvalue weighted by Gasteiger charge is -2.34. The first kappa shape index (κ1) is 30.4. The van der Waals surface area contributed by atoms with E-state index in [1.165, 1.54) is 17.2 Å². The SMILES string of the molecule is CCN(CC1CCC(C(=O)O)CC1)c1cc2c(cc1CN(Cc1cc(C#N)cc(C(F)(F)F)c1)c1ncn(C)n1)CCC2. The van der Waals surface area contributed by atoms with Gasteiger partial charge in [0.25, 0.3) is 0 Å². The molecule has 1 N–H and O–H groups in total. The van der Waals surface area contributed by atoms with Crippen LogP contribution < -0.4 is 9.80 Å². The standard InChI is InChI=1S/C32H37F3N6O2/c1-3-40(17-21-7-9-24(10-8-21)30(42)43)29-15-26-6-4-5-25(26)14-27(29)19-41(31-37-20-39(2)38-31)18-23-11-22(16-36)12-28(13-23)32(33,34)35/h11-15,20-21,24H,3-10,17-19H2,1-2H3,(H,42,43). The fourth-order valence-corrected chi connectivity index (χ4v) is 6.49. The molecule has 2 aliphatic carbocycles. The zero-order chi connectivity index (χ0) is 30.7. The third kappa shape index (κ3) is 7.12. The highest BCUT2D eigenvalue weighted by Gasteiger charge is 2.32. The maximum absolute atomic E-state index is 13.7. The first-order chi connectivity index (χ1) is 20.5. The molecule has 228 valence electrons. The largest absolute Gasteiger partial charge is 0.481 e. The van der Waals surface area contributed by atoms with Crippen molar-refractivity contribution < 1.29 is 23.1 Å². The fourth-order valence-electron chi connectivity index (χ4n) is 6.49. The van der Waals surface area contributed by atoms with Gasteiger partial charge in [0.15, 0.2) is 0 Å². The Morgan fingerprint density at radius 3 is 2.40 bits per heavy atom. The van der Waals surface area contributed by atoms with Crippen LogP contribution in [0.15, 0.2) is 36.7 Å². The van der Waals surface area contributed by atoms with Gasteiger partial charge in [-0.15, -0.1) is 5.10 Å². The molecule has 1 heterocycles. The Morgan fingerprint density at radius 2 is 1.79 bits per heavy atom. The number of aromatic nitrogens is 3. The minimum Gasteiger partial charge on any atom is -0.481 e. The van der Waals surface area contributed by atoms with E-state index >= 15 is 0 Å². The van der Waals surface area contributed by atoms with E-state index in [-0.39, 0.29) is 18.0 Å². The minimum absolute atomic E-state index is 0.0493. The topological polar surface area (TPSA) is 98.3 Å². The van der Waals surface area contributed by atoms with Crippen molar-refractivity contribution in [1.82, 2.24) is 14.8 Å². The Bertz CT molecular complexity index is 1500. The van der Waals surface area contributed by atoms with Crippen LogP contribution in [-0.4, -0.2) is 38.9 Å². The molecule has 2 aromatic carbocycles. The number of hydrogen-bond donors (Lipinski definition) is 1. The first-order valence-electron chi connectivity index (χ1n) is 14.9. The molecule has 11 heteroatoms. The molecule has 0 bridgehead atoms. The van der Waals surface area contributed by atoms with Gasteiger partial charge in [0.05, 0.1) is 23.1 Å². The lowest BCUT2D eigenvalue weighted by atomic mass is 9.81. The van der Waals surface area contributed by atoms with E-state index in [1.807, 2.05) is 11.0 Å². The highest BCUT2D eigenvalue weighted by molar-refractivity contribution is 5.70. The van der Waals surface area contributed by atoms with Gasteiger partial charge < -0.3 is 14.9 Å². The van der Waals surface area contributed by atoms with E-state index in [0.29, 0.717) is 36.8 Å². The van der Waals surface area contributed by atoms with Crippen molar-refractivity contribution >= 4 is 17.6 Å². The van der Waals surface area contributed by atoms with Crippen LogP contribution >= 0.6 is 0 Å². The van der Waals surface area contributed by atoms with Crippen LogP contribution in [0.4, 0.5) is 24.8 Å². The number of carbonyl (C=O) groups is 1. The van der Waals surface area contributed by atoms with Gasteiger partial charge in [-0.1, -0.05) is 6.07 Å². The summed E-state index contributed by atoms with van der Waals surface area (Å²) >= 11 is 0. The normalized spacial score (nSPS) is 18.2. The molecule has 1 aromatic heterocycles. The fraction of sp³-hybridized carbons (Fsp3) is 0.500. The molecule has 0 aliphatic heterocycles. The number of carboxylic acids is 1. The van der Waals surface area contributed by atoms with Crippen molar-refractivity contribution in [2.24, 2.45) is 18.9 Å². The Kier molecular flexibility index (Phi) is 8.95. The predicted molar refractivity (Wildman–Crippen MR) is 156 cm³/mol. The molecule has 0 saturated heterocycles. The highest BCUT2D eigenvalue weighted by Crippen LogP contribution is 2.36. The van der Waals surface area contributed by atoms with Crippen LogP contribution in [0.25, 0.3) is 0 Å². The number of nitrogens with zero attached hydrogens (tertiary/aromatic N) is 6. The van der Waals surface area contributed by atoms with Gasteiger partial charge in [0, 0.05) is 38.9 Å². The lowest BCUT2D eigenvalue weighted by molar-refractivity contribution is -0.143. The Labute approximate surface area is 249 Å². The van der Waals surface area contributed by atoms with Crippen molar-refractivity contribution in [3.63, 3.8) is 0 Å². The minimum atomic E-state index is -4.58. The summed E-state index contributed by atoms with van der Waals surface area (Å²) in [6.45, 7) is 4.16. The molecule has 1 fully saturated rings. The first-order valence-corrected chi connectivity index (χ1v) is 14.9. The average molecular weight is 595 g/mol. The van der Waals surface area contributed by atoms with E-state index in [4.69, 9.17) is 0 Å². The van der Waals surface area contributed by atoms with Gasteiger partial charge in [0.1, 0.15) is 6.33 Å². The summed E-state index contributed by atoms with van der Waals surface area (Å²) in [4.78, 5) is 20.1. The molecule has 0 amide bonds. The number of fused-ring (bicyclic) bond motifs is 1. The second kappa shape index (κ2) is 12.7. The van der Waals surface area contributed by atoms with Gasteiger partial charge in [-0.25, -0.2) is 4.98 Å². The summed E-state index contributed by atoms with van der Waals surface area (Å²) in [6.07, 6.45) is 3.17. The number of alkyl halides is 3. The van der Waals surface area contributed by atoms with Crippen molar-refractivity contribution in [2.75, 3.05) is 22.9 Å². The van der Waals surface area contributed by atoms with Gasteiger partial charge in [-0.2, -0.15) is 18.4 Å². The third-order valence-corrected chi connectivity index (χ3v) is 8.74. The number of anilines is 2. The van der Waals surface area contributed by atoms with Crippen molar-refractivity contribution in [2.45, 2.75) is 71.1 Å². The van der Waals surface area contributed by atoms with Crippen LogP contribution in [0.3, 0.4) is 0 Å². The van der Waals surface area contributed by atoms with Crippen LogP contribution in [0.5, 0.6) is 0 Å². The van der Waals surface area contributed by atoms with E-state index < -0.39 is 17.7 Å². The number of aryl methyl sites for hydroxylation is 3. The van der Waals surface area contributed by atoms with E-state index in [0.717, 1.165) is 68.6 Å². The number of nitriles is 1. The molecule has 3 aromatic rings. The van der Waals surface area contributed by atoms with Gasteiger partial charge >= 0.3 is 12.1 Å². The van der Waals surface area contributed by atoms with Crippen LogP contribution in [-0.2, 0) is 43.9 Å². The molecule has 5 rings (SSSR count). The van der Waals surface area contributed by atoms with Crippen molar-refractivity contribution in [3.8, 4) is 6.07 Å². The van der Waals surface area contributed by atoms with Crippen molar-refractivity contribution in [1.29, 1.82) is 5.26 Å². The van der Waals surface area contributed by atoms with Crippen LogP contribution in [0.2, 0.25) is 0 Å². The molecule has 0 radical (unpaired) electrons. The number of hydrogen-bond acceptors (Lipinski definition) is 6. The van der Waals surface area contributed by atoms with Gasteiger partial charge in [-0.05, 0) is 104 Å². The second-order valence-corrected chi connectivity index (χ2v) is 11.8. The number of carboxylic acid groups (broad SMARTS) is 1. The number of rotatable bonds is 10. The summed E-state index contributed by atoms with van der Waals surface area (Å²) in [6, 6.07) is 9.80. The zero-order valence-electron chi connectivity index (χ0n) is 24.6. The summed E-state index contributed by atoms with van der Waals surface area (Å²) in [5, 5.41) is 23.3. The van der Waals surface area contributed by atoms with E-state index in [9.17, 15) is 28.3 Å². The molecule has 0 spiro atoms. The quantitative estimate of drug-likeness (QED) is 0.302. The van der Waals surface area contributed by atoms with Crippen molar-refractivity contribution in [3.05, 3.63) is 70.0 Å². The monoisotopic (exact) mass is 594 g/mol. The molecule has 8 nitrogen and oxygen atoms in total. The summed E-state index contributed by atoms with van der Waals surface area (Å²) < 4.78 is 42.6. The number of aliphatic carboxylic acids is 1. The average Bonchev–Trinajstić information content (AvgIpc) is 3.63. The maximum atomic E-state index is 13.7. The predicted octanol–water partition coefficient (Wildman–Crippen LogP) is 6.12. The Morgan fingerprint density at radius 1 is 1.07 bits per heavy atom. The molecule has 43 heavy (non-hydrogen) atoms. The molecule has 0 unspecified atom stereocenters. The molecular formula is C32H37F3N6O2. The molecular weight excluding hydrogens is 557 g/mol. The Balaban J connectivity index is 1.48. The van der Waals surface area contributed by atoms with Crippen LogP contribution in [0, 0.1) is 23.2 Å². The van der Waals surface area contributed by atoms with E-state index in [2.05, 4.69) is 34.0 Å². The number of benzene rings is 2. The Hall–Kier alpha value is -4.07. The van der Waals surface area contributed by atoms with Crippen LogP contribution in [0.1, 0.15) is 72.4 Å². The van der Waals surface area contributed by atoms with E-state index in [1.54, 1.807) is 18.1 Å². The molecule has 1 saturated carbocycles. The molecule has 0 atom stereocenters. The highest BCUT2D eigenvalue weighted by atomic mass is 19.4. The van der Waals surface area contributed by atoms with Gasteiger partial charge in [-0.3, -0.25) is 9.48 Å². The molecule has 2 aliphatic rings.